The SMILES string of the molecule is CC(CO)CNc1nccnc1Cl. The number of anilines is 1. The number of aromatic nitrogens is 2. The van der Waals surface area contributed by atoms with Gasteiger partial charge in [0.2, 0.25) is 0 Å². The summed E-state index contributed by atoms with van der Waals surface area (Å²) < 4.78 is 0. The second-order valence-corrected chi connectivity index (χ2v) is 3.22. The summed E-state index contributed by atoms with van der Waals surface area (Å²) >= 11 is 5.75. The maximum Gasteiger partial charge on any atom is 0.171 e. The number of nitrogens with zero attached hydrogens (tertiary/aromatic N) is 2. The standard InChI is InChI=1S/C8H12ClN3O/c1-6(5-13)4-12-8-7(9)10-2-3-11-8/h2-3,6,13H,4-5H2,1H3,(H,11,12). The molecule has 1 unspecified atom stereocenters. The smallest absolute Gasteiger partial charge is 0.171 e. The molecule has 0 bridgehead atoms. The number of halogens is 1. The van der Waals surface area contributed by atoms with Gasteiger partial charge in [0.15, 0.2) is 11.0 Å². The monoisotopic (exact) mass is 201 g/mol. The van der Waals surface area contributed by atoms with E-state index in [1.807, 2.05) is 6.92 Å². The Morgan fingerprint density at radius 2 is 2.23 bits per heavy atom. The van der Waals surface area contributed by atoms with Crippen LogP contribution in [0.3, 0.4) is 0 Å². The van der Waals surface area contributed by atoms with Gasteiger partial charge in [0, 0.05) is 25.5 Å². The molecule has 5 heteroatoms. The van der Waals surface area contributed by atoms with E-state index in [9.17, 15) is 0 Å². The van der Waals surface area contributed by atoms with Gasteiger partial charge in [0.05, 0.1) is 0 Å². The Labute approximate surface area is 82.0 Å². The van der Waals surface area contributed by atoms with Crippen molar-refractivity contribution >= 4 is 17.4 Å². The Bertz CT molecular complexity index is 269. The van der Waals surface area contributed by atoms with E-state index in [4.69, 9.17) is 16.7 Å². The Hall–Kier alpha value is -0.870. The highest BCUT2D eigenvalue weighted by Gasteiger charge is 2.03. The Morgan fingerprint density at radius 3 is 2.85 bits per heavy atom. The number of aliphatic hydroxyl groups excluding tert-OH is 1. The molecule has 0 aliphatic carbocycles. The third-order valence-corrected chi connectivity index (χ3v) is 1.86. The van der Waals surface area contributed by atoms with Crippen LogP contribution >= 0.6 is 11.6 Å². The molecular weight excluding hydrogens is 190 g/mol. The first-order chi connectivity index (χ1) is 6.24. The average molecular weight is 202 g/mol. The van der Waals surface area contributed by atoms with Crippen LogP contribution in [0.25, 0.3) is 0 Å². The largest absolute Gasteiger partial charge is 0.396 e. The summed E-state index contributed by atoms with van der Waals surface area (Å²) in [5.74, 6) is 0.738. The van der Waals surface area contributed by atoms with Crippen LogP contribution in [-0.4, -0.2) is 28.2 Å². The Morgan fingerprint density at radius 1 is 1.54 bits per heavy atom. The molecule has 0 saturated heterocycles. The fourth-order valence-corrected chi connectivity index (χ4v) is 0.947. The van der Waals surface area contributed by atoms with Crippen LogP contribution in [-0.2, 0) is 0 Å². The first-order valence-corrected chi connectivity index (χ1v) is 4.43. The second kappa shape index (κ2) is 4.99. The van der Waals surface area contributed by atoms with Gasteiger partial charge in [-0.05, 0) is 5.92 Å². The van der Waals surface area contributed by atoms with E-state index in [0.717, 1.165) is 0 Å². The van der Waals surface area contributed by atoms with Gasteiger partial charge < -0.3 is 10.4 Å². The highest BCUT2D eigenvalue weighted by molar-refractivity contribution is 6.31. The van der Waals surface area contributed by atoms with E-state index in [1.54, 1.807) is 6.20 Å². The Balaban J connectivity index is 2.50. The first kappa shape index (κ1) is 10.2. The fraction of sp³-hybridized carbons (Fsp3) is 0.500. The van der Waals surface area contributed by atoms with Crippen LogP contribution in [0, 0.1) is 5.92 Å². The van der Waals surface area contributed by atoms with Crippen molar-refractivity contribution in [3.63, 3.8) is 0 Å². The summed E-state index contributed by atoms with van der Waals surface area (Å²) in [5, 5.41) is 12.1. The maximum atomic E-state index is 8.77. The van der Waals surface area contributed by atoms with Crippen molar-refractivity contribution in [1.82, 2.24) is 9.97 Å². The molecule has 2 N–H and O–H groups in total. The van der Waals surface area contributed by atoms with Crippen molar-refractivity contribution in [3.05, 3.63) is 17.5 Å². The lowest BCUT2D eigenvalue weighted by Crippen LogP contribution is -2.15. The zero-order valence-corrected chi connectivity index (χ0v) is 8.12. The molecule has 0 aliphatic rings. The number of hydrogen-bond acceptors (Lipinski definition) is 4. The van der Waals surface area contributed by atoms with Crippen molar-refractivity contribution in [1.29, 1.82) is 0 Å². The van der Waals surface area contributed by atoms with Gasteiger partial charge >= 0.3 is 0 Å². The summed E-state index contributed by atoms with van der Waals surface area (Å²) in [4.78, 5) is 7.86. The predicted octanol–water partition coefficient (Wildman–Crippen LogP) is 1.17. The summed E-state index contributed by atoms with van der Waals surface area (Å²) in [7, 11) is 0. The lowest BCUT2D eigenvalue weighted by Gasteiger charge is -2.09. The molecule has 0 saturated carbocycles. The van der Waals surface area contributed by atoms with Gasteiger partial charge in [-0.3, -0.25) is 0 Å². The van der Waals surface area contributed by atoms with Crippen molar-refractivity contribution in [3.8, 4) is 0 Å². The van der Waals surface area contributed by atoms with E-state index in [1.165, 1.54) is 6.20 Å². The van der Waals surface area contributed by atoms with Gasteiger partial charge in [0.25, 0.3) is 0 Å². The third-order valence-electron chi connectivity index (χ3n) is 1.58. The van der Waals surface area contributed by atoms with Crippen molar-refractivity contribution in [2.24, 2.45) is 5.92 Å². The zero-order chi connectivity index (χ0) is 9.68. The number of hydrogen-bond donors (Lipinski definition) is 2. The molecule has 72 valence electrons. The van der Waals surface area contributed by atoms with Crippen LogP contribution < -0.4 is 5.32 Å². The third kappa shape index (κ3) is 3.16. The molecule has 0 spiro atoms. The maximum absolute atomic E-state index is 8.77. The quantitative estimate of drug-likeness (QED) is 0.768. The summed E-state index contributed by atoms with van der Waals surface area (Å²) in [5.41, 5.74) is 0. The lowest BCUT2D eigenvalue weighted by molar-refractivity contribution is 0.244. The minimum absolute atomic E-state index is 0.144. The molecule has 0 fully saturated rings. The van der Waals surface area contributed by atoms with Gasteiger partial charge in [-0.15, -0.1) is 0 Å². The van der Waals surface area contributed by atoms with Crippen molar-refractivity contribution < 1.29 is 5.11 Å². The molecule has 1 heterocycles. The minimum Gasteiger partial charge on any atom is -0.396 e. The van der Waals surface area contributed by atoms with Gasteiger partial charge in [-0.1, -0.05) is 18.5 Å². The number of rotatable bonds is 4. The van der Waals surface area contributed by atoms with Gasteiger partial charge in [-0.2, -0.15) is 0 Å². The molecule has 0 aromatic carbocycles. The second-order valence-electron chi connectivity index (χ2n) is 2.86. The van der Waals surface area contributed by atoms with Crippen LogP contribution in [0.15, 0.2) is 12.4 Å². The average Bonchev–Trinajstić information content (AvgIpc) is 2.16. The molecule has 0 radical (unpaired) electrons. The van der Waals surface area contributed by atoms with E-state index < -0.39 is 0 Å². The Kier molecular flexibility index (Phi) is 3.92. The number of aliphatic hydroxyl groups is 1. The van der Waals surface area contributed by atoms with Crippen LogP contribution in [0.2, 0.25) is 5.15 Å². The molecule has 1 atom stereocenters. The zero-order valence-electron chi connectivity index (χ0n) is 7.37. The van der Waals surface area contributed by atoms with Crippen LogP contribution in [0.1, 0.15) is 6.92 Å². The highest BCUT2D eigenvalue weighted by Crippen LogP contribution is 2.14. The lowest BCUT2D eigenvalue weighted by atomic mass is 10.2. The predicted molar refractivity (Wildman–Crippen MR) is 51.8 cm³/mol. The summed E-state index contributed by atoms with van der Waals surface area (Å²) in [6.45, 7) is 2.71. The molecule has 1 rings (SSSR count). The molecular formula is C8H12ClN3O. The number of nitrogens with one attached hydrogen (secondary N) is 1. The molecule has 4 nitrogen and oxygen atoms in total. The van der Waals surface area contributed by atoms with E-state index in [0.29, 0.717) is 17.5 Å². The van der Waals surface area contributed by atoms with Gasteiger partial charge in [0.1, 0.15) is 0 Å². The van der Waals surface area contributed by atoms with E-state index in [2.05, 4.69) is 15.3 Å². The first-order valence-electron chi connectivity index (χ1n) is 4.05. The van der Waals surface area contributed by atoms with E-state index >= 15 is 0 Å². The van der Waals surface area contributed by atoms with Gasteiger partial charge in [-0.25, -0.2) is 9.97 Å². The van der Waals surface area contributed by atoms with E-state index in [-0.39, 0.29) is 12.5 Å². The fourth-order valence-electron chi connectivity index (χ4n) is 0.775. The minimum atomic E-state index is 0.144. The normalized spacial score (nSPS) is 12.5. The molecule has 1 aromatic rings. The molecule has 1 aromatic heterocycles. The molecule has 0 amide bonds. The summed E-state index contributed by atoms with van der Waals surface area (Å²) in [6, 6.07) is 0. The topological polar surface area (TPSA) is 58.0 Å². The summed E-state index contributed by atoms with van der Waals surface area (Å²) in [6.07, 6.45) is 3.10. The van der Waals surface area contributed by atoms with Crippen LogP contribution in [0.5, 0.6) is 0 Å². The van der Waals surface area contributed by atoms with Crippen LogP contribution in [0.4, 0.5) is 5.82 Å². The highest BCUT2D eigenvalue weighted by atomic mass is 35.5. The van der Waals surface area contributed by atoms with Crippen molar-refractivity contribution in [2.45, 2.75) is 6.92 Å². The molecule has 13 heavy (non-hydrogen) atoms. The van der Waals surface area contributed by atoms with Crippen molar-refractivity contribution in [2.75, 3.05) is 18.5 Å². The molecule has 0 aliphatic heterocycles.